The van der Waals surface area contributed by atoms with E-state index in [4.69, 9.17) is 32.7 Å². The van der Waals surface area contributed by atoms with Crippen LogP contribution in [0.3, 0.4) is 0 Å². The number of aliphatic imine (C=N–C) groups is 1. The van der Waals surface area contributed by atoms with Crippen LogP contribution in [0, 0.1) is 0 Å². The van der Waals surface area contributed by atoms with Crippen LogP contribution in [0.15, 0.2) is 71.7 Å². The van der Waals surface area contributed by atoms with Crippen molar-refractivity contribution >= 4 is 69.3 Å². The molecule has 4 rings (SSSR count). The number of hydrogen-bond donors (Lipinski definition) is 1. The van der Waals surface area contributed by atoms with Crippen molar-refractivity contribution in [2.45, 2.75) is 25.0 Å². The van der Waals surface area contributed by atoms with E-state index in [1.54, 1.807) is 61.4 Å². The highest BCUT2D eigenvalue weighted by Crippen LogP contribution is 2.33. The third-order valence-electron chi connectivity index (χ3n) is 5.92. The van der Waals surface area contributed by atoms with Crippen LogP contribution in [-0.4, -0.2) is 53.4 Å². The molecule has 208 valence electrons. The average molecular weight is 601 g/mol. The Kier molecular flexibility index (Phi) is 10.1. The molecule has 0 radical (unpaired) electrons. The largest absolute Gasteiger partial charge is 0.497 e. The number of methoxy groups -OCH3 is 1. The minimum Gasteiger partial charge on any atom is -0.497 e. The second-order valence-electron chi connectivity index (χ2n) is 8.77. The van der Waals surface area contributed by atoms with Crippen molar-refractivity contribution < 1.29 is 23.9 Å². The highest BCUT2D eigenvalue weighted by Gasteiger charge is 2.39. The first-order chi connectivity index (χ1) is 19.2. The minimum absolute atomic E-state index is 0.0620. The Hall–Kier alpha value is -3.53. The molecule has 1 atom stereocenters. The average Bonchev–Trinajstić information content (AvgIpc) is 3.20. The SMILES string of the molecule is CCOC(=O)c1ccc(N=C2S[C@H](CC(=O)Nc3cc(Cl)cc(Cl)c3)C(=O)N2CCc2ccc(OC)cc2)cc1. The second kappa shape index (κ2) is 13.7. The number of amides is 2. The van der Waals surface area contributed by atoms with Crippen LogP contribution in [-0.2, 0) is 20.7 Å². The maximum absolute atomic E-state index is 13.5. The van der Waals surface area contributed by atoms with E-state index >= 15 is 0 Å². The number of anilines is 1. The molecule has 0 unspecified atom stereocenters. The van der Waals surface area contributed by atoms with Gasteiger partial charge in [0.2, 0.25) is 11.8 Å². The molecule has 8 nitrogen and oxygen atoms in total. The number of carbonyl (C=O) groups excluding carboxylic acids is 3. The predicted molar refractivity (Wildman–Crippen MR) is 159 cm³/mol. The van der Waals surface area contributed by atoms with Gasteiger partial charge < -0.3 is 14.8 Å². The Labute approximate surface area is 246 Å². The molecule has 1 saturated heterocycles. The number of carbonyl (C=O) groups is 3. The predicted octanol–water partition coefficient (Wildman–Crippen LogP) is 6.38. The number of halogens is 2. The fourth-order valence-electron chi connectivity index (χ4n) is 3.97. The first kappa shape index (κ1) is 29.5. The Bertz CT molecular complexity index is 1390. The first-order valence-corrected chi connectivity index (χ1v) is 14.1. The molecule has 0 saturated carbocycles. The molecule has 1 heterocycles. The maximum Gasteiger partial charge on any atom is 0.338 e. The lowest BCUT2D eigenvalue weighted by molar-refractivity contribution is -0.128. The summed E-state index contributed by atoms with van der Waals surface area (Å²) in [6, 6.07) is 19.0. The number of thioether (sulfide) groups is 1. The van der Waals surface area contributed by atoms with Gasteiger partial charge in [0, 0.05) is 28.7 Å². The van der Waals surface area contributed by atoms with Gasteiger partial charge in [0.1, 0.15) is 11.0 Å². The van der Waals surface area contributed by atoms with Crippen molar-refractivity contribution in [2.75, 3.05) is 25.6 Å². The normalized spacial score (nSPS) is 15.8. The van der Waals surface area contributed by atoms with E-state index in [0.29, 0.717) is 45.1 Å². The summed E-state index contributed by atoms with van der Waals surface area (Å²) in [5, 5.41) is 3.35. The molecule has 3 aromatic carbocycles. The first-order valence-electron chi connectivity index (χ1n) is 12.5. The van der Waals surface area contributed by atoms with Crippen LogP contribution in [0.5, 0.6) is 5.75 Å². The number of esters is 1. The number of ether oxygens (including phenoxy) is 2. The summed E-state index contributed by atoms with van der Waals surface area (Å²) in [5.74, 6) is -0.226. The van der Waals surface area contributed by atoms with Crippen molar-refractivity contribution in [2.24, 2.45) is 4.99 Å². The lowest BCUT2D eigenvalue weighted by atomic mass is 10.1. The fourth-order valence-corrected chi connectivity index (χ4v) is 5.68. The van der Waals surface area contributed by atoms with E-state index in [0.717, 1.165) is 11.3 Å². The summed E-state index contributed by atoms with van der Waals surface area (Å²) in [4.78, 5) is 44.6. The molecule has 0 spiro atoms. The minimum atomic E-state index is -0.664. The van der Waals surface area contributed by atoms with E-state index in [1.165, 1.54) is 11.8 Å². The topological polar surface area (TPSA) is 97.3 Å². The van der Waals surface area contributed by atoms with Crippen LogP contribution in [0.2, 0.25) is 10.0 Å². The summed E-state index contributed by atoms with van der Waals surface area (Å²) in [6.45, 7) is 2.40. The van der Waals surface area contributed by atoms with Gasteiger partial charge in [-0.15, -0.1) is 0 Å². The van der Waals surface area contributed by atoms with Gasteiger partial charge in [-0.05, 0) is 73.5 Å². The Morgan fingerprint density at radius 2 is 1.70 bits per heavy atom. The molecule has 0 aromatic heterocycles. The van der Waals surface area contributed by atoms with Gasteiger partial charge in [0.25, 0.3) is 0 Å². The molecule has 11 heteroatoms. The van der Waals surface area contributed by atoms with E-state index in [2.05, 4.69) is 10.3 Å². The van der Waals surface area contributed by atoms with E-state index in [1.807, 2.05) is 24.3 Å². The number of benzene rings is 3. The van der Waals surface area contributed by atoms with Crippen LogP contribution < -0.4 is 10.1 Å². The van der Waals surface area contributed by atoms with Crippen LogP contribution in [0.1, 0.15) is 29.3 Å². The van der Waals surface area contributed by atoms with Crippen molar-refractivity contribution in [1.29, 1.82) is 0 Å². The third kappa shape index (κ3) is 7.78. The summed E-state index contributed by atoms with van der Waals surface area (Å²) in [5.41, 5.74) is 2.45. The standard InChI is InChI=1S/C29H27Cl2N3O5S/c1-3-39-28(37)19-6-8-22(9-7-19)33-29-34(13-12-18-4-10-24(38-2)11-5-18)27(36)25(40-29)17-26(35)32-23-15-20(30)14-21(31)16-23/h4-11,14-16,25H,3,12-13,17H2,1-2H3,(H,32,35)/t25-/m1/s1. The molecule has 1 N–H and O–H groups in total. The zero-order valence-electron chi connectivity index (χ0n) is 21.9. The summed E-state index contributed by atoms with van der Waals surface area (Å²) >= 11 is 13.3. The van der Waals surface area contributed by atoms with Crippen molar-refractivity contribution in [3.63, 3.8) is 0 Å². The van der Waals surface area contributed by atoms with Crippen LogP contribution in [0.4, 0.5) is 11.4 Å². The van der Waals surface area contributed by atoms with Crippen LogP contribution in [0.25, 0.3) is 0 Å². The Morgan fingerprint density at radius 1 is 1.02 bits per heavy atom. The van der Waals surface area contributed by atoms with Gasteiger partial charge in [-0.2, -0.15) is 0 Å². The van der Waals surface area contributed by atoms with Gasteiger partial charge >= 0.3 is 5.97 Å². The van der Waals surface area contributed by atoms with E-state index < -0.39 is 11.2 Å². The van der Waals surface area contributed by atoms with Gasteiger partial charge in [0.15, 0.2) is 5.17 Å². The maximum atomic E-state index is 13.5. The zero-order chi connectivity index (χ0) is 28.6. The quantitative estimate of drug-likeness (QED) is 0.271. The fraction of sp³-hybridized carbons (Fsp3) is 0.241. The summed E-state index contributed by atoms with van der Waals surface area (Å²) < 4.78 is 10.3. The molecule has 0 aliphatic carbocycles. The van der Waals surface area contributed by atoms with E-state index in [9.17, 15) is 14.4 Å². The molecule has 1 aliphatic rings. The van der Waals surface area contributed by atoms with E-state index in [-0.39, 0.29) is 24.8 Å². The van der Waals surface area contributed by atoms with Gasteiger partial charge in [0.05, 0.1) is 25.0 Å². The molecular formula is C29H27Cl2N3O5S. The van der Waals surface area contributed by atoms with Crippen molar-refractivity contribution in [3.05, 3.63) is 87.9 Å². The molecule has 3 aromatic rings. The molecule has 1 fully saturated rings. The number of amidine groups is 1. The zero-order valence-corrected chi connectivity index (χ0v) is 24.2. The highest BCUT2D eigenvalue weighted by molar-refractivity contribution is 8.15. The molecule has 0 bridgehead atoms. The molecule has 40 heavy (non-hydrogen) atoms. The summed E-state index contributed by atoms with van der Waals surface area (Å²) in [6.07, 6.45) is 0.518. The highest BCUT2D eigenvalue weighted by atomic mass is 35.5. The molecule has 2 amide bonds. The van der Waals surface area contributed by atoms with Crippen molar-refractivity contribution in [1.82, 2.24) is 4.90 Å². The smallest absolute Gasteiger partial charge is 0.338 e. The van der Waals surface area contributed by atoms with Gasteiger partial charge in [-0.3, -0.25) is 14.5 Å². The Balaban J connectivity index is 1.52. The lowest BCUT2D eigenvalue weighted by Crippen LogP contribution is -2.35. The van der Waals surface area contributed by atoms with Crippen LogP contribution >= 0.6 is 35.0 Å². The Morgan fingerprint density at radius 3 is 2.33 bits per heavy atom. The lowest BCUT2D eigenvalue weighted by Gasteiger charge is -2.17. The number of hydrogen-bond acceptors (Lipinski definition) is 7. The summed E-state index contributed by atoms with van der Waals surface area (Å²) in [7, 11) is 1.61. The van der Waals surface area contributed by atoms with Gasteiger partial charge in [-0.1, -0.05) is 47.1 Å². The molecule has 1 aliphatic heterocycles. The number of nitrogens with zero attached hydrogens (tertiary/aromatic N) is 2. The monoisotopic (exact) mass is 599 g/mol. The third-order valence-corrected chi connectivity index (χ3v) is 7.54. The second-order valence-corrected chi connectivity index (χ2v) is 10.8. The molecular weight excluding hydrogens is 573 g/mol. The number of nitrogens with one attached hydrogen (secondary N) is 1. The number of rotatable bonds is 10. The van der Waals surface area contributed by atoms with Gasteiger partial charge in [-0.25, -0.2) is 9.79 Å². The van der Waals surface area contributed by atoms with Crippen molar-refractivity contribution in [3.8, 4) is 5.75 Å².